The summed E-state index contributed by atoms with van der Waals surface area (Å²) in [6.07, 6.45) is 4.31. The highest BCUT2D eigenvalue weighted by atomic mass is 79.9. The molecule has 6 heteroatoms. The van der Waals surface area contributed by atoms with Crippen molar-refractivity contribution in [1.82, 2.24) is 4.98 Å². The van der Waals surface area contributed by atoms with Crippen LogP contribution < -0.4 is 9.47 Å². The van der Waals surface area contributed by atoms with E-state index in [9.17, 15) is 4.79 Å². The number of carboxylic acid groups (broad SMARTS) is 1. The van der Waals surface area contributed by atoms with Crippen LogP contribution in [0.2, 0.25) is 0 Å². The number of carbonyl (C=O) groups is 1. The van der Waals surface area contributed by atoms with Crippen molar-refractivity contribution in [2.75, 3.05) is 6.61 Å². The summed E-state index contributed by atoms with van der Waals surface area (Å²) in [6, 6.07) is 16.4. The van der Waals surface area contributed by atoms with E-state index in [1.54, 1.807) is 30.5 Å². The van der Waals surface area contributed by atoms with Crippen LogP contribution in [-0.2, 0) is 6.61 Å². The second-order valence-corrected chi connectivity index (χ2v) is 8.02. The van der Waals surface area contributed by atoms with Gasteiger partial charge in [0.1, 0.15) is 12.4 Å². The Morgan fingerprint density at radius 3 is 2.48 bits per heavy atom. The van der Waals surface area contributed by atoms with Crippen LogP contribution in [0.4, 0.5) is 0 Å². The van der Waals surface area contributed by atoms with Gasteiger partial charge in [0.05, 0.1) is 12.2 Å². The monoisotopic (exact) mass is 453 g/mol. The fraction of sp³-hybridized carbons (Fsp3) is 0.217. The van der Waals surface area contributed by atoms with E-state index in [1.165, 1.54) is 12.8 Å². The topological polar surface area (TPSA) is 68.7 Å². The molecule has 5 nitrogen and oxygen atoms in total. The maximum absolute atomic E-state index is 10.9. The lowest BCUT2D eigenvalue weighted by atomic mass is 10.1. The first kappa shape index (κ1) is 19.5. The summed E-state index contributed by atoms with van der Waals surface area (Å²) in [6.45, 7) is 1.09. The number of hydrogen-bond acceptors (Lipinski definition) is 4. The third-order valence-electron chi connectivity index (χ3n) is 4.71. The quantitative estimate of drug-likeness (QED) is 0.482. The van der Waals surface area contributed by atoms with Crippen LogP contribution in [0.3, 0.4) is 0 Å². The zero-order chi connectivity index (χ0) is 20.2. The summed E-state index contributed by atoms with van der Waals surface area (Å²) in [5, 5.41) is 8.98. The summed E-state index contributed by atoms with van der Waals surface area (Å²) < 4.78 is 12.5. The van der Waals surface area contributed by atoms with Gasteiger partial charge in [-0.2, -0.15) is 0 Å². The van der Waals surface area contributed by atoms with Crippen molar-refractivity contribution in [3.05, 3.63) is 76.4 Å². The zero-order valence-electron chi connectivity index (χ0n) is 15.7. The molecule has 1 saturated carbocycles. The molecular formula is C23H20BrNO4. The smallest absolute Gasteiger partial charge is 0.335 e. The number of nitrogens with zero attached hydrogens (tertiary/aromatic N) is 1. The molecule has 2 aromatic carbocycles. The van der Waals surface area contributed by atoms with Gasteiger partial charge in [-0.25, -0.2) is 9.78 Å². The molecule has 0 bridgehead atoms. The van der Waals surface area contributed by atoms with Crippen LogP contribution in [0.1, 0.15) is 28.8 Å². The molecule has 0 saturated heterocycles. The summed E-state index contributed by atoms with van der Waals surface area (Å²) >= 11 is 3.53. The Morgan fingerprint density at radius 1 is 1.03 bits per heavy atom. The second-order valence-electron chi connectivity index (χ2n) is 7.11. The van der Waals surface area contributed by atoms with E-state index in [2.05, 4.69) is 20.9 Å². The van der Waals surface area contributed by atoms with Crippen molar-refractivity contribution in [3.63, 3.8) is 0 Å². The number of carboxylic acids is 1. The van der Waals surface area contributed by atoms with Gasteiger partial charge in [0, 0.05) is 22.3 Å². The fourth-order valence-corrected chi connectivity index (χ4v) is 3.32. The van der Waals surface area contributed by atoms with Crippen molar-refractivity contribution in [1.29, 1.82) is 0 Å². The summed E-state index contributed by atoms with van der Waals surface area (Å²) in [4.78, 5) is 15.3. The number of halogens is 1. The molecule has 0 spiro atoms. The van der Waals surface area contributed by atoms with Gasteiger partial charge >= 0.3 is 5.97 Å². The van der Waals surface area contributed by atoms with E-state index < -0.39 is 5.97 Å². The van der Waals surface area contributed by atoms with Crippen molar-refractivity contribution in [2.45, 2.75) is 19.4 Å². The number of ether oxygens (including phenoxy) is 2. The highest BCUT2D eigenvalue weighted by Gasteiger charge is 2.22. The molecule has 0 unspecified atom stereocenters. The third kappa shape index (κ3) is 5.35. The van der Waals surface area contributed by atoms with Crippen molar-refractivity contribution < 1.29 is 19.4 Å². The van der Waals surface area contributed by atoms with Crippen LogP contribution in [-0.4, -0.2) is 22.7 Å². The molecule has 1 aliphatic carbocycles. The van der Waals surface area contributed by atoms with Crippen LogP contribution in [0.5, 0.6) is 11.6 Å². The molecule has 1 N–H and O–H groups in total. The molecule has 0 aliphatic heterocycles. The number of benzene rings is 2. The molecule has 0 radical (unpaired) electrons. The molecule has 1 aliphatic rings. The SMILES string of the molecule is O=C(O)c1ccc(COc2cc(Br)cc(-c3ccc(OCC4CC4)nc3)c2)cc1. The van der Waals surface area contributed by atoms with Crippen LogP contribution in [0.15, 0.2) is 65.3 Å². The highest BCUT2D eigenvalue weighted by molar-refractivity contribution is 9.10. The average Bonchev–Trinajstić information content (AvgIpc) is 3.55. The number of hydrogen-bond donors (Lipinski definition) is 1. The van der Waals surface area contributed by atoms with Gasteiger partial charge in [0.15, 0.2) is 0 Å². The first-order chi connectivity index (χ1) is 14.1. The van der Waals surface area contributed by atoms with Crippen molar-refractivity contribution in [2.24, 2.45) is 5.92 Å². The van der Waals surface area contributed by atoms with Gasteiger partial charge in [-0.05, 0) is 66.3 Å². The molecular weight excluding hydrogens is 434 g/mol. The van der Waals surface area contributed by atoms with E-state index in [4.69, 9.17) is 14.6 Å². The third-order valence-corrected chi connectivity index (χ3v) is 5.17. The summed E-state index contributed by atoms with van der Waals surface area (Å²) in [5.41, 5.74) is 3.11. The van der Waals surface area contributed by atoms with Gasteiger partial charge in [-0.3, -0.25) is 0 Å². The Bertz CT molecular complexity index is 998. The molecule has 4 rings (SSSR count). The first-order valence-electron chi connectivity index (χ1n) is 9.42. The number of pyridine rings is 1. The van der Waals surface area contributed by atoms with E-state index in [0.717, 1.165) is 27.8 Å². The van der Waals surface area contributed by atoms with E-state index in [-0.39, 0.29) is 5.56 Å². The molecule has 29 heavy (non-hydrogen) atoms. The van der Waals surface area contributed by atoms with Gasteiger partial charge in [0.2, 0.25) is 5.88 Å². The highest BCUT2D eigenvalue weighted by Crippen LogP contribution is 2.31. The predicted octanol–water partition coefficient (Wildman–Crippen LogP) is 5.58. The lowest BCUT2D eigenvalue weighted by Gasteiger charge is -2.10. The lowest BCUT2D eigenvalue weighted by Crippen LogP contribution is -2.00. The van der Waals surface area contributed by atoms with Crippen molar-refractivity contribution in [3.8, 4) is 22.8 Å². The lowest BCUT2D eigenvalue weighted by molar-refractivity contribution is 0.0697. The molecule has 1 aromatic heterocycles. The van der Waals surface area contributed by atoms with Gasteiger partial charge in [0.25, 0.3) is 0 Å². The first-order valence-corrected chi connectivity index (χ1v) is 10.2. The number of aromatic nitrogens is 1. The Kier molecular flexibility index (Phi) is 5.81. The van der Waals surface area contributed by atoms with E-state index in [1.807, 2.05) is 30.3 Å². The standard InChI is InChI=1S/C23H20BrNO4/c24-20-9-19(18-7-8-22(25-12-18)29-14-15-1-2-15)10-21(11-20)28-13-16-3-5-17(6-4-16)23(26)27/h3-12,15H,1-2,13-14H2,(H,26,27). The minimum atomic E-state index is -0.938. The van der Waals surface area contributed by atoms with Crippen LogP contribution in [0, 0.1) is 5.92 Å². The maximum atomic E-state index is 10.9. The van der Waals surface area contributed by atoms with Crippen LogP contribution in [0.25, 0.3) is 11.1 Å². The normalized spacial score (nSPS) is 13.1. The zero-order valence-corrected chi connectivity index (χ0v) is 17.3. The van der Waals surface area contributed by atoms with Crippen molar-refractivity contribution >= 4 is 21.9 Å². The van der Waals surface area contributed by atoms with Gasteiger partial charge < -0.3 is 14.6 Å². The fourth-order valence-electron chi connectivity index (χ4n) is 2.85. The maximum Gasteiger partial charge on any atom is 0.335 e. The minimum Gasteiger partial charge on any atom is -0.489 e. The Balaban J connectivity index is 1.43. The van der Waals surface area contributed by atoms with E-state index in [0.29, 0.717) is 24.2 Å². The largest absolute Gasteiger partial charge is 0.489 e. The van der Waals surface area contributed by atoms with Gasteiger partial charge in [-0.15, -0.1) is 0 Å². The Hall–Kier alpha value is -2.86. The van der Waals surface area contributed by atoms with E-state index >= 15 is 0 Å². The molecule has 0 amide bonds. The molecule has 148 valence electrons. The molecule has 1 fully saturated rings. The Morgan fingerprint density at radius 2 is 1.83 bits per heavy atom. The van der Waals surface area contributed by atoms with Gasteiger partial charge in [-0.1, -0.05) is 28.1 Å². The summed E-state index contributed by atoms with van der Waals surface area (Å²) in [5.74, 6) is 1.12. The molecule has 0 atom stereocenters. The molecule has 1 heterocycles. The second kappa shape index (κ2) is 8.66. The summed E-state index contributed by atoms with van der Waals surface area (Å²) in [7, 11) is 0. The number of aromatic carboxylic acids is 1. The molecule has 3 aromatic rings. The predicted molar refractivity (Wildman–Crippen MR) is 113 cm³/mol. The minimum absolute atomic E-state index is 0.260. The number of rotatable bonds is 8. The average molecular weight is 454 g/mol. The Labute approximate surface area is 177 Å². The van der Waals surface area contributed by atoms with Crippen LogP contribution >= 0.6 is 15.9 Å².